The van der Waals surface area contributed by atoms with Crippen LogP contribution >= 0.6 is 0 Å². The summed E-state index contributed by atoms with van der Waals surface area (Å²) in [4.78, 5) is 24.3. The van der Waals surface area contributed by atoms with Crippen molar-refractivity contribution < 1.29 is 9.59 Å². The molecule has 0 radical (unpaired) electrons. The van der Waals surface area contributed by atoms with Crippen molar-refractivity contribution in [3.8, 4) is 0 Å². The Morgan fingerprint density at radius 1 is 1.00 bits per heavy atom. The molecule has 4 heteroatoms. The van der Waals surface area contributed by atoms with Gasteiger partial charge in [0.1, 0.15) is 0 Å². The van der Waals surface area contributed by atoms with Gasteiger partial charge in [0.2, 0.25) is 5.91 Å². The van der Waals surface area contributed by atoms with Crippen LogP contribution in [0.15, 0.2) is 66.9 Å². The van der Waals surface area contributed by atoms with E-state index >= 15 is 0 Å². The zero-order chi connectivity index (χ0) is 19.1. The third kappa shape index (κ3) is 5.31. The first-order chi connectivity index (χ1) is 12.4. The van der Waals surface area contributed by atoms with E-state index in [-0.39, 0.29) is 23.5 Å². The van der Waals surface area contributed by atoms with E-state index in [0.29, 0.717) is 36.1 Å². The van der Waals surface area contributed by atoms with E-state index in [9.17, 15) is 9.59 Å². The fourth-order valence-corrected chi connectivity index (χ4v) is 2.92. The lowest BCUT2D eigenvalue weighted by Gasteiger charge is -2.18. The molecule has 2 aromatic rings. The average molecular weight is 350 g/mol. The van der Waals surface area contributed by atoms with Crippen molar-refractivity contribution in [3.05, 3.63) is 83.6 Å². The van der Waals surface area contributed by atoms with Gasteiger partial charge in [-0.3, -0.25) is 9.59 Å². The molecule has 0 spiro atoms. The van der Waals surface area contributed by atoms with E-state index in [1.165, 1.54) is 0 Å². The molecule has 2 unspecified atom stereocenters. The fourth-order valence-electron chi connectivity index (χ4n) is 2.92. The number of carbonyl (C=O) groups is 2. The van der Waals surface area contributed by atoms with Gasteiger partial charge in [-0.05, 0) is 36.8 Å². The van der Waals surface area contributed by atoms with Crippen molar-refractivity contribution in [3.63, 3.8) is 0 Å². The predicted octanol–water partition coefficient (Wildman–Crippen LogP) is 3.45. The van der Waals surface area contributed by atoms with Crippen molar-refractivity contribution in [1.29, 1.82) is 0 Å². The van der Waals surface area contributed by atoms with E-state index in [2.05, 4.69) is 6.58 Å². The molecule has 0 heterocycles. The van der Waals surface area contributed by atoms with Crippen LogP contribution in [-0.4, -0.2) is 11.7 Å². The van der Waals surface area contributed by atoms with Crippen molar-refractivity contribution >= 4 is 11.7 Å². The summed E-state index contributed by atoms with van der Waals surface area (Å²) in [6.45, 7) is 5.68. The monoisotopic (exact) mass is 350 g/mol. The normalized spacial score (nSPS) is 13.0. The zero-order valence-electron chi connectivity index (χ0n) is 15.2. The van der Waals surface area contributed by atoms with Crippen LogP contribution in [0, 0.1) is 11.8 Å². The van der Waals surface area contributed by atoms with Crippen LogP contribution in [-0.2, 0) is 11.2 Å². The van der Waals surface area contributed by atoms with Crippen LogP contribution in [0.1, 0.15) is 41.3 Å². The first kappa shape index (κ1) is 19.4. The van der Waals surface area contributed by atoms with Gasteiger partial charge in [0.25, 0.3) is 0 Å². The Balaban J connectivity index is 2.06. The van der Waals surface area contributed by atoms with Crippen molar-refractivity contribution in [2.24, 2.45) is 23.3 Å². The van der Waals surface area contributed by atoms with Crippen molar-refractivity contribution in [1.82, 2.24) is 0 Å². The maximum atomic E-state index is 12.6. The summed E-state index contributed by atoms with van der Waals surface area (Å²) in [5, 5.41) is 0. The van der Waals surface area contributed by atoms with Crippen LogP contribution < -0.4 is 11.5 Å². The predicted molar refractivity (Wildman–Crippen MR) is 104 cm³/mol. The molecule has 4 nitrogen and oxygen atoms in total. The number of nitrogens with two attached hydrogens (primary N) is 2. The Morgan fingerprint density at radius 3 is 2.27 bits per heavy atom. The lowest BCUT2D eigenvalue weighted by molar-refractivity contribution is -0.122. The number of allylic oxidation sites excluding steroid dienone is 1. The van der Waals surface area contributed by atoms with Gasteiger partial charge in [0, 0.05) is 22.7 Å². The van der Waals surface area contributed by atoms with E-state index < -0.39 is 0 Å². The van der Waals surface area contributed by atoms with Crippen LogP contribution in [0.4, 0.5) is 0 Å². The van der Waals surface area contributed by atoms with Gasteiger partial charge in [-0.15, -0.1) is 0 Å². The lowest BCUT2D eigenvalue weighted by atomic mass is 9.88. The Labute approximate surface area is 154 Å². The molecule has 0 aliphatic rings. The number of benzene rings is 2. The highest BCUT2D eigenvalue weighted by Crippen LogP contribution is 2.21. The fraction of sp³-hybridized carbons (Fsp3) is 0.273. The second-order valence-electron chi connectivity index (χ2n) is 6.75. The van der Waals surface area contributed by atoms with Gasteiger partial charge in [-0.25, -0.2) is 0 Å². The number of hydrogen-bond acceptors (Lipinski definition) is 3. The standard InChI is InChI=1S/C22H26N2O2/c1-15(16(2)23)13-20(22(24)26)12-11-17-7-6-10-19(14-17)21(25)18-8-4-3-5-9-18/h3-10,14-15,20H,2,11-13,23H2,1H3,(H2,24,26). The average Bonchev–Trinajstić information content (AvgIpc) is 2.64. The maximum Gasteiger partial charge on any atom is 0.220 e. The summed E-state index contributed by atoms with van der Waals surface area (Å²) in [6, 6.07) is 16.7. The van der Waals surface area contributed by atoms with E-state index in [1.807, 2.05) is 49.4 Å². The molecule has 0 aliphatic heterocycles. The number of amides is 1. The van der Waals surface area contributed by atoms with Crippen molar-refractivity contribution in [2.75, 3.05) is 0 Å². The number of primary amides is 1. The first-order valence-electron chi connectivity index (χ1n) is 8.80. The highest BCUT2D eigenvalue weighted by atomic mass is 16.1. The molecule has 2 atom stereocenters. The lowest BCUT2D eigenvalue weighted by Crippen LogP contribution is -2.26. The highest BCUT2D eigenvalue weighted by molar-refractivity contribution is 6.09. The van der Waals surface area contributed by atoms with Gasteiger partial charge in [-0.1, -0.05) is 62.0 Å². The van der Waals surface area contributed by atoms with Gasteiger partial charge >= 0.3 is 0 Å². The third-order valence-corrected chi connectivity index (χ3v) is 4.68. The molecule has 0 saturated heterocycles. The molecule has 0 fully saturated rings. The SMILES string of the molecule is C=C(N)C(C)CC(CCc1cccc(C(=O)c2ccccc2)c1)C(N)=O. The summed E-state index contributed by atoms with van der Waals surface area (Å²) < 4.78 is 0. The number of ketones is 1. The smallest absolute Gasteiger partial charge is 0.220 e. The Bertz CT molecular complexity index is 784. The van der Waals surface area contributed by atoms with Gasteiger partial charge in [-0.2, -0.15) is 0 Å². The van der Waals surface area contributed by atoms with Crippen LogP contribution in [0.3, 0.4) is 0 Å². The number of carbonyl (C=O) groups excluding carboxylic acids is 2. The molecular formula is C22H26N2O2. The van der Waals surface area contributed by atoms with E-state index in [4.69, 9.17) is 11.5 Å². The molecule has 26 heavy (non-hydrogen) atoms. The largest absolute Gasteiger partial charge is 0.402 e. The molecule has 136 valence electrons. The number of rotatable bonds is 9. The Morgan fingerprint density at radius 2 is 1.65 bits per heavy atom. The van der Waals surface area contributed by atoms with Crippen molar-refractivity contribution in [2.45, 2.75) is 26.2 Å². The highest BCUT2D eigenvalue weighted by Gasteiger charge is 2.19. The van der Waals surface area contributed by atoms with Gasteiger partial charge < -0.3 is 11.5 Å². The number of hydrogen-bond donors (Lipinski definition) is 2. The van der Waals surface area contributed by atoms with Gasteiger partial charge in [0.15, 0.2) is 5.78 Å². The molecule has 0 bridgehead atoms. The minimum Gasteiger partial charge on any atom is -0.402 e. The minimum absolute atomic E-state index is 0.00745. The molecular weight excluding hydrogens is 324 g/mol. The summed E-state index contributed by atoms with van der Waals surface area (Å²) in [5.41, 5.74) is 14.1. The Hall–Kier alpha value is -2.88. The van der Waals surface area contributed by atoms with E-state index in [1.54, 1.807) is 12.1 Å². The molecule has 4 N–H and O–H groups in total. The maximum absolute atomic E-state index is 12.6. The second-order valence-corrected chi connectivity index (χ2v) is 6.75. The first-order valence-corrected chi connectivity index (χ1v) is 8.80. The Kier molecular flexibility index (Phi) is 6.73. The molecule has 0 aromatic heterocycles. The molecule has 1 amide bonds. The molecule has 2 rings (SSSR count). The number of aryl methyl sites for hydroxylation is 1. The van der Waals surface area contributed by atoms with Crippen LogP contribution in [0.5, 0.6) is 0 Å². The third-order valence-electron chi connectivity index (χ3n) is 4.68. The summed E-state index contributed by atoms with van der Waals surface area (Å²) in [7, 11) is 0. The molecule has 0 aliphatic carbocycles. The van der Waals surface area contributed by atoms with Crippen LogP contribution in [0.2, 0.25) is 0 Å². The molecule has 0 saturated carbocycles. The zero-order valence-corrected chi connectivity index (χ0v) is 15.2. The van der Waals surface area contributed by atoms with E-state index in [0.717, 1.165) is 5.56 Å². The summed E-state index contributed by atoms with van der Waals surface area (Å²) >= 11 is 0. The quantitative estimate of drug-likeness (QED) is 0.679. The summed E-state index contributed by atoms with van der Waals surface area (Å²) in [6.07, 6.45) is 1.89. The van der Waals surface area contributed by atoms with Crippen LogP contribution in [0.25, 0.3) is 0 Å². The van der Waals surface area contributed by atoms with Gasteiger partial charge in [0.05, 0.1) is 0 Å². The summed E-state index contributed by atoms with van der Waals surface area (Å²) in [5.74, 6) is -0.557. The molecule has 2 aromatic carbocycles. The second kappa shape index (κ2) is 8.99. The topological polar surface area (TPSA) is 86.2 Å². The minimum atomic E-state index is -0.324.